The number of ether oxygens (including phenoxy) is 2. The van der Waals surface area contributed by atoms with E-state index in [0.29, 0.717) is 0 Å². The van der Waals surface area contributed by atoms with Crippen molar-refractivity contribution in [3.63, 3.8) is 0 Å². The molecule has 9 heavy (non-hydrogen) atoms. The van der Waals surface area contributed by atoms with Crippen LogP contribution in [-0.4, -0.2) is 8.42 Å². The Bertz CT molecular complexity index is 217. The van der Waals surface area contributed by atoms with Gasteiger partial charge in [-0.3, -0.25) is 0 Å². The average Bonchev–Trinajstić information content (AvgIpc) is 1.90. The van der Waals surface area contributed by atoms with Crippen LogP contribution in [0.25, 0.3) is 0 Å². The van der Waals surface area contributed by atoms with Crippen molar-refractivity contribution in [1.29, 1.82) is 0 Å². The summed E-state index contributed by atoms with van der Waals surface area (Å²) in [5.41, 5.74) is 0. The van der Waals surface area contributed by atoms with Crippen LogP contribution < -0.4 is 0 Å². The Hall–Kier alpha value is -0.970. The van der Waals surface area contributed by atoms with Crippen LogP contribution in [0.2, 0.25) is 0 Å². The van der Waals surface area contributed by atoms with Gasteiger partial charge in [0.05, 0.1) is 0 Å². The average molecular weight is 148 g/mol. The monoisotopic (exact) mass is 148 g/mol. The van der Waals surface area contributed by atoms with Crippen molar-refractivity contribution in [1.82, 2.24) is 0 Å². The van der Waals surface area contributed by atoms with Gasteiger partial charge in [0.1, 0.15) is 18.8 Å². The van der Waals surface area contributed by atoms with E-state index in [-0.39, 0.29) is 5.09 Å². The van der Waals surface area contributed by atoms with E-state index in [4.69, 9.17) is 0 Å². The Morgan fingerprint density at radius 2 is 2.11 bits per heavy atom. The van der Waals surface area contributed by atoms with Gasteiger partial charge in [-0.05, 0) is 0 Å². The molecule has 1 aliphatic heterocycles. The topological polar surface area (TPSA) is 52.6 Å². The Balaban J connectivity index is 2.72. The largest absolute Gasteiger partial charge is 0.465 e. The van der Waals surface area contributed by atoms with Crippen LogP contribution in [-0.2, 0) is 20.2 Å². The molecule has 0 amide bonds. The van der Waals surface area contributed by atoms with Gasteiger partial charge in [0.15, 0.2) is 0 Å². The van der Waals surface area contributed by atoms with E-state index in [1.54, 1.807) is 0 Å². The first-order chi connectivity index (χ1) is 4.30. The summed E-state index contributed by atoms with van der Waals surface area (Å²) in [5.74, 6) is 0. The van der Waals surface area contributed by atoms with E-state index in [1.807, 2.05) is 0 Å². The zero-order chi connectivity index (χ0) is 6.69. The maximum atomic E-state index is 10.1. The molecular formula is C4H4O4S. The predicted octanol–water partition coefficient (Wildman–Crippen LogP) is -0.0853. The van der Waals surface area contributed by atoms with Gasteiger partial charge < -0.3 is 9.47 Å². The molecule has 0 spiro atoms. The second-order valence-electron chi connectivity index (χ2n) is 1.24. The molecule has 0 bridgehead atoms. The molecule has 1 heterocycles. The number of rotatable bonds is 1. The molecule has 50 valence electrons. The van der Waals surface area contributed by atoms with Gasteiger partial charge in [-0.1, -0.05) is 0 Å². The summed E-state index contributed by atoms with van der Waals surface area (Å²) >= 11 is 0. The molecule has 0 radical (unpaired) electrons. The molecule has 4 nitrogen and oxygen atoms in total. The van der Waals surface area contributed by atoms with Gasteiger partial charge >= 0.3 is 0 Å². The van der Waals surface area contributed by atoms with Gasteiger partial charge in [-0.25, -0.2) is 8.42 Å². The molecular weight excluding hydrogens is 144 g/mol. The van der Waals surface area contributed by atoms with Crippen molar-refractivity contribution >= 4 is 10.7 Å². The van der Waals surface area contributed by atoms with E-state index in [1.165, 1.54) is 6.26 Å². The maximum absolute atomic E-state index is 10.1. The summed E-state index contributed by atoms with van der Waals surface area (Å²) in [4.78, 5) is 0. The van der Waals surface area contributed by atoms with Gasteiger partial charge in [0, 0.05) is 0 Å². The third kappa shape index (κ3) is 1.46. The lowest BCUT2D eigenvalue weighted by molar-refractivity contribution is 0.278. The molecule has 5 heteroatoms. The molecule has 0 saturated heterocycles. The normalized spacial score (nSPS) is 16.3. The fourth-order valence-electron chi connectivity index (χ4n) is 0.341. The minimum absolute atomic E-state index is 0.174. The third-order valence-electron chi connectivity index (χ3n) is 0.672. The van der Waals surface area contributed by atoms with E-state index >= 15 is 0 Å². The fraction of sp³-hybridized carbons (Fsp3) is 0. The second kappa shape index (κ2) is 2.54. The van der Waals surface area contributed by atoms with Gasteiger partial charge in [0.2, 0.25) is 15.8 Å². The van der Waals surface area contributed by atoms with Gasteiger partial charge in [0.25, 0.3) is 0 Å². The Kier molecular flexibility index (Phi) is 1.74. The molecule has 0 aromatic carbocycles. The zero-order valence-corrected chi connectivity index (χ0v) is 5.21. The molecule has 0 aromatic heterocycles. The van der Waals surface area contributed by atoms with Crippen LogP contribution in [0.5, 0.6) is 0 Å². The quantitative estimate of drug-likeness (QED) is 0.528. The molecule has 1 aliphatic rings. The summed E-state index contributed by atoms with van der Waals surface area (Å²) in [7, 11) is -2.66. The standard InChI is InChI=1S/C4H4O4S/c5-9(6)4-3-7-1-2-8-4/h1-3,9H. The summed E-state index contributed by atoms with van der Waals surface area (Å²) < 4.78 is 29.2. The highest BCUT2D eigenvalue weighted by molar-refractivity contribution is 7.76. The first kappa shape index (κ1) is 6.15. The molecule has 0 N–H and O–H groups in total. The number of thiol groups is 1. The Morgan fingerprint density at radius 1 is 1.33 bits per heavy atom. The predicted molar refractivity (Wildman–Crippen MR) is 29.7 cm³/mol. The number of hydrogen-bond donors (Lipinski definition) is 1. The van der Waals surface area contributed by atoms with Gasteiger partial charge in [-0.2, -0.15) is 0 Å². The highest BCUT2D eigenvalue weighted by atomic mass is 32.2. The molecule has 0 unspecified atom stereocenters. The summed E-state index contributed by atoms with van der Waals surface area (Å²) in [6.45, 7) is 0. The van der Waals surface area contributed by atoms with E-state index < -0.39 is 10.7 Å². The lowest BCUT2D eigenvalue weighted by Crippen LogP contribution is -1.92. The lowest BCUT2D eigenvalue weighted by atomic mass is 10.9. The van der Waals surface area contributed by atoms with Crippen LogP contribution in [0, 0.1) is 0 Å². The third-order valence-corrected chi connectivity index (χ3v) is 1.24. The minimum atomic E-state index is -2.66. The van der Waals surface area contributed by atoms with Crippen molar-refractivity contribution in [2.75, 3.05) is 0 Å². The molecule has 0 aliphatic carbocycles. The highest BCUT2D eigenvalue weighted by Gasteiger charge is 2.01. The first-order valence-electron chi connectivity index (χ1n) is 2.12. The van der Waals surface area contributed by atoms with Gasteiger partial charge in [-0.15, -0.1) is 0 Å². The second-order valence-corrected chi connectivity index (χ2v) is 2.19. The van der Waals surface area contributed by atoms with E-state index in [0.717, 1.165) is 12.5 Å². The summed E-state index contributed by atoms with van der Waals surface area (Å²) in [5, 5.41) is -0.174. The number of hydrogen-bond acceptors (Lipinski definition) is 4. The molecule has 0 aromatic rings. The van der Waals surface area contributed by atoms with Crippen molar-refractivity contribution in [3.8, 4) is 0 Å². The van der Waals surface area contributed by atoms with Crippen LogP contribution in [0.15, 0.2) is 23.9 Å². The van der Waals surface area contributed by atoms with E-state index in [2.05, 4.69) is 9.47 Å². The van der Waals surface area contributed by atoms with Crippen LogP contribution >= 0.6 is 0 Å². The first-order valence-corrected chi connectivity index (χ1v) is 3.30. The molecule has 0 fully saturated rings. The molecule has 0 saturated carbocycles. The smallest absolute Gasteiger partial charge is 0.250 e. The molecule has 1 rings (SSSR count). The van der Waals surface area contributed by atoms with Crippen molar-refractivity contribution in [2.24, 2.45) is 0 Å². The van der Waals surface area contributed by atoms with E-state index in [9.17, 15) is 8.42 Å². The zero-order valence-electron chi connectivity index (χ0n) is 4.31. The molecule has 0 atom stereocenters. The Morgan fingerprint density at radius 3 is 2.44 bits per heavy atom. The summed E-state index contributed by atoms with van der Waals surface area (Å²) in [6, 6.07) is 0. The van der Waals surface area contributed by atoms with Crippen LogP contribution in [0.1, 0.15) is 0 Å². The highest BCUT2D eigenvalue weighted by Crippen LogP contribution is 2.04. The Labute approximate surface area is 53.3 Å². The summed E-state index contributed by atoms with van der Waals surface area (Å²) in [6.07, 6.45) is 3.41. The SMILES string of the molecule is O=[SH](=O)C1=COC=CO1. The van der Waals surface area contributed by atoms with Crippen LogP contribution in [0.4, 0.5) is 0 Å². The van der Waals surface area contributed by atoms with Crippen molar-refractivity contribution < 1.29 is 17.9 Å². The minimum Gasteiger partial charge on any atom is -0.465 e. The van der Waals surface area contributed by atoms with Crippen molar-refractivity contribution in [2.45, 2.75) is 0 Å². The fourth-order valence-corrected chi connectivity index (χ4v) is 0.635. The van der Waals surface area contributed by atoms with Crippen LogP contribution in [0.3, 0.4) is 0 Å². The maximum Gasteiger partial charge on any atom is 0.250 e. The lowest BCUT2D eigenvalue weighted by Gasteiger charge is -2.01. The van der Waals surface area contributed by atoms with Crippen molar-refractivity contribution in [3.05, 3.63) is 23.9 Å².